The lowest BCUT2D eigenvalue weighted by atomic mass is 10.2. The van der Waals surface area contributed by atoms with Gasteiger partial charge in [0, 0.05) is 38.9 Å². The molecule has 0 aliphatic rings. The average Bonchev–Trinajstić information content (AvgIpc) is 3.44. The molecule has 5 nitrogen and oxygen atoms in total. The average molecular weight is 499 g/mol. The molecule has 5 aromatic rings. The third-order valence-corrected chi connectivity index (χ3v) is 7.01. The first-order valence-electron chi connectivity index (χ1n) is 11.2. The van der Waals surface area contributed by atoms with Gasteiger partial charge in [-0.05, 0) is 68.4 Å². The Morgan fingerprint density at radius 2 is 1.43 bits per heavy atom. The summed E-state index contributed by atoms with van der Waals surface area (Å²) in [5, 5.41) is 10.2. The van der Waals surface area contributed by atoms with Gasteiger partial charge in [0.1, 0.15) is 0 Å². The van der Waals surface area contributed by atoms with E-state index in [1.165, 1.54) is 11.8 Å². The van der Waals surface area contributed by atoms with Crippen molar-refractivity contribution in [2.45, 2.75) is 19.0 Å². The summed E-state index contributed by atoms with van der Waals surface area (Å²) in [7, 11) is 0. The molecule has 35 heavy (non-hydrogen) atoms. The molecule has 0 saturated carbocycles. The number of halogens is 1. The molecule has 7 heteroatoms. The fourth-order valence-corrected chi connectivity index (χ4v) is 5.15. The quantitative estimate of drug-likeness (QED) is 0.179. The van der Waals surface area contributed by atoms with Crippen LogP contribution in [0.25, 0.3) is 22.8 Å². The molecule has 3 aromatic carbocycles. The van der Waals surface area contributed by atoms with Gasteiger partial charge in [-0.1, -0.05) is 59.8 Å². The van der Waals surface area contributed by atoms with E-state index < -0.39 is 0 Å². The number of aryl methyl sites for hydroxylation is 1. The zero-order valence-corrected chi connectivity index (χ0v) is 20.9. The number of ketones is 1. The number of thioether (sulfide) groups is 1. The second-order valence-electron chi connectivity index (χ2n) is 8.15. The number of carbonyl (C=O) groups is 1. The molecule has 174 valence electrons. The predicted octanol–water partition coefficient (Wildman–Crippen LogP) is 6.97. The Balaban J connectivity index is 1.45. The Hall–Kier alpha value is -3.61. The number of hydrogen-bond acceptors (Lipinski definition) is 4. The minimum absolute atomic E-state index is 0.0564. The standard InChI is InChI=1S/C28H23ClN4OS/c1-19-17-25(20(2)32(19)23-9-5-3-6-10-23)26(34)18-35-28-31-30-27(21-13-15-22(29)16-14-21)33(28)24-11-7-4-8-12-24/h3-17H,18H2,1-2H3. The van der Waals surface area contributed by atoms with Crippen LogP contribution in [-0.2, 0) is 0 Å². The number of para-hydroxylation sites is 2. The monoisotopic (exact) mass is 498 g/mol. The van der Waals surface area contributed by atoms with Gasteiger partial charge < -0.3 is 4.57 Å². The second kappa shape index (κ2) is 9.94. The smallest absolute Gasteiger partial charge is 0.196 e. The molecular formula is C28H23ClN4OS. The molecule has 0 unspecified atom stereocenters. The fourth-order valence-electron chi connectivity index (χ4n) is 4.19. The van der Waals surface area contributed by atoms with E-state index in [9.17, 15) is 4.79 Å². The zero-order chi connectivity index (χ0) is 24.4. The Kier molecular flexibility index (Phi) is 6.57. The van der Waals surface area contributed by atoms with Gasteiger partial charge in [-0.3, -0.25) is 9.36 Å². The number of rotatable bonds is 7. The summed E-state index contributed by atoms with van der Waals surface area (Å²) in [6.45, 7) is 4.01. The highest BCUT2D eigenvalue weighted by molar-refractivity contribution is 7.99. The van der Waals surface area contributed by atoms with Crippen LogP contribution >= 0.6 is 23.4 Å². The lowest BCUT2D eigenvalue weighted by Gasteiger charge is -2.11. The van der Waals surface area contributed by atoms with Gasteiger partial charge in [-0.15, -0.1) is 10.2 Å². The molecule has 0 aliphatic carbocycles. The highest BCUT2D eigenvalue weighted by Gasteiger charge is 2.20. The number of carbonyl (C=O) groups excluding carboxylic acids is 1. The van der Waals surface area contributed by atoms with E-state index in [0.29, 0.717) is 16.0 Å². The van der Waals surface area contributed by atoms with Gasteiger partial charge in [0.15, 0.2) is 16.8 Å². The second-order valence-corrected chi connectivity index (χ2v) is 9.53. The van der Waals surface area contributed by atoms with Gasteiger partial charge in [0.25, 0.3) is 0 Å². The minimum atomic E-state index is 0.0564. The van der Waals surface area contributed by atoms with Crippen LogP contribution in [0, 0.1) is 13.8 Å². The zero-order valence-electron chi connectivity index (χ0n) is 19.4. The van der Waals surface area contributed by atoms with Crippen molar-refractivity contribution >= 4 is 29.1 Å². The van der Waals surface area contributed by atoms with Crippen LogP contribution in [0.2, 0.25) is 5.02 Å². The maximum absolute atomic E-state index is 13.3. The summed E-state index contributed by atoms with van der Waals surface area (Å²) in [6.07, 6.45) is 0. The Morgan fingerprint density at radius 3 is 2.06 bits per heavy atom. The van der Waals surface area contributed by atoms with E-state index in [0.717, 1.165) is 33.9 Å². The fraction of sp³-hybridized carbons (Fsp3) is 0.107. The van der Waals surface area contributed by atoms with Crippen molar-refractivity contribution in [2.24, 2.45) is 0 Å². The van der Waals surface area contributed by atoms with Crippen molar-refractivity contribution < 1.29 is 4.79 Å². The molecule has 0 amide bonds. The molecule has 0 saturated heterocycles. The third kappa shape index (κ3) is 4.67. The maximum Gasteiger partial charge on any atom is 0.196 e. The van der Waals surface area contributed by atoms with Crippen LogP contribution in [0.5, 0.6) is 0 Å². The molecule has 2 aromatic heterocycles. The number of nitrogens with zero attached hydrogens (tertiary/aromatic N) is 4. The van der Waals surface area contributed by atoms with E-state index in [4.69, 9.17) is 11.6 Å². The van der Waals surface area contributed by atoms with Gasteiger partial charge >= 0.3 is 0 Å². The lowest BCUT2D eigenvalue weighted by molar-refractivity contribution is 0.102. The number of hydrogen-bond donors (Lipinski definition) is 0. The van der Waals surface area contributed by atoms with Crippen molar-refractivity contribution in [3.63, 3.8) is 0 Å². The van der Waals surface area contributed by atoms with Gasteiger partial charge in [-0.2, -0.15) is 0 Å². The highest BCUT2D eigenvalue weighted by atomic mass is 35.5. The van der Waals surface area contributed by atoms with Crippen LogP contribution < -0.4 is 0 Å². The molecule has 0 N–H and O–H groups in total. The third-order valence-electron chi connectivity index (χ3n) is 5.83. The summed E-state index contributed by atoms with van der Waals surface area (Å²) in [6, 6.07) is 29.5. The van der Waals surface area contributed by atoms with Gasteiger partial charge in [0.05, 0.1) is 5.75 Å². The van der Waals surface area contributed by atoms with Crippen LogP contribution in [0.1, 0.15) is 21.7 Å². The van der Waals surface area contributed by atoms with Gasteiger partial charge in [-0.25, -0.2) is 0 Å². The van der Waals surface area contributed by atoms with E-state index >= 15 is 0 Å². The van der Waals surface area contributed by atoms with Crippen molar-refractivity contribution in [3.8, 4) is 22.8 Å². The summed E-state index contributed by atoms with van der Waals surface area (Å²) in [5.41, 5.74) is 5.56. The van der Waals surface area contributed by atoms with Crippen molar-refractivity contribution in [3.05, 3.63) is 113 Å². The molecule has 0 radical (unpaired) electrons. The van der Waals surface area contributed by atoms with Crippen LogP contribution in [0.15, 0.2) is 96.2 Å². The number of benzene rings is 3. The number of Topliss-reactive ketones (excluding diaryl/α,β-unsaturated/α-hetero) is 1. The minimum Gasteiger partial charge on any atom is -0.318 e. The van der Waals surface area contributed by atoms with Crippen molar-refractivity contribution in [1.29, 1.82) is 0 Å². The van der Waals surface area contributed by atoms with Crippen LogP contribution in [-0.4, -0.2) is 30.9 Å². The van der Waals surface area contributed by atoms with Gasteiger partial charge in [0.2, 0.25) is 0 Å². The summed E-state index contributed by atoms with van der Waals surface area (Å²) >= 11 is 7.47. The molecular weight excluding hydrogens is 476 g/mol. The molecule has 0 bridgehead atoms. The normalized spacial score (nSPS) is 11.1. The largest absolute Gasteiger partial charge is 0.318 e. The Bertz CT molecular complexity index is 1480. The highest BCUT2D eigenvalue weighted by Crippen LogP contribution is 2.30. The molecule has 2 heterocycles. The first-order chi connectivity index (χ1) is 17.0. The van der Waals surface area contributed by atoms with Crippen LogP contribution in [0.3, 0.4) is 0 Å². The molecule has 0 aliphatic heterocycles. The lowest BCUT2D eigenvalue weighted by Crippen LogP contribution is -2.07. The predicted molar refractivity (Wildman–Crippen MR) is 142 cm³/mol. The Morgan fingerprint density at radius 1 is 0.829 bits per heavy atom. The molecule has 0 spiro atoms. The first-order valence-corrected chi connectivity index (χ1v) is 12.6. The first kappa shape index (κ1) is 23.1. The van der Waals surface area contributed by atoms with Crippen molar-refractivity contribution in [2.75, 3.05) is 5.75 Å². The topological polar surface area (TPSA) is 52.7 Å². The van der Waals surface area contributed by atoms with Crippen molar-refractivity contribution in [1.82, 2.24) is 19.3 Å². The van der Waals surface area contributed by atoms with E-state index in [1.54, 1.807) is 0 Å². The van der Waals surface area contributed by atoms with E-state index in [1.807, 2.05) is 109 Å². The SMILES string of the molecule is Cc1cc(C(=O)CSc2nnc(-c3ccc(Cl)cc3)n2-c2ccccc2)c(C)n1-c1ccccc1. The summed E-state index contributed by atoms with van der Waals surface area (Å²) in [4.78, 5) is 13.3. The van der Waals surface area contributed by atoms with Crippen LogP contribution in [0.4, 0.5) is 0 Å². The maximum atomic E-state index is 13.3. The molecule has 0 fully saturated rings. The Labute approximate surface area is 213 Å². The molecule has 5 rings (SSSR count). The summed E-state index contributed by atoms with van der Waals surface area (Å²) in [5.74, 6) is 1.01. The molecule has 0 atom stereocenters. The van der Waals surface area contributed by atoms with E-state index in [2.05, 4.69) is 14.8 Å². The summed E-state index contributed by atoms with van der Waals surface area (Å²) < 4.78 is 4.09. The number of aromatic nitrogens is 4. The van der Waals surface area contributed by atoms with E-state index in [-0.39, 0.29) is 11.5 Å².